The van der Waals surface area contributed by atoms with E-state index in [1.165, 1.54) is 34.8 Å². The molecule has 144 valence electrons. The summed E-state index contributed by atoms with van der Waals surface area (Å²) < 4.78 is 18.9. The number of nitrogens with zero attached hydrogens (tertiary/aromatic N) is 2. The molecular weight excluding hydrogens is 401 g/mol. The van der Waals surface area contributed by atoms with Gasteiger partial charge < -0.3 is 9.64 Å². The molecule has 3 heterocycles. The average Bonchev–Trinajstić information content (AvgIpc) is 3.36. The van der Waals surface area contributed by atoms with Crippen molar-refractivity contribution in [3.8, 4) is 5.75 Å². The number of fused-ring (bicyclic) bond motifs is 1. The van der Waals surface area contributed by atoms with Crippen LogP contribution >= 0.6 is 22.7 Å². The molecule has 0 fully saturated rings. The number of hydrogen-bond donors (Lipinski definition) is 1. The molecule has 0 unspecified atom stereocenters. The van der Waals surface area contributed by atoms with Crippen LogP contribution in [-0.2, 0) is 17.8 Å². The minimum atomic E-state index is -0.496. The van der Waals surface area contributed by atoms with Crippen molar-refractivity contribution < 1.29 is 18.7 Å². The first kappa shape index (κ1) is 18.6. The van der Waals surface area contributed by atoms with E-state index < -0.39 is 5.82 Å². The monoisotopic (exact) mass is 417 g/mol. The van der Waals surface area contributed by atoms with E-state index >= 15 is 0 Å². The number of carbonyl (C=O) groups excluding carboxylic acids is 2. The Bertz CT molecular complexity index is 1000. The first-order chi connectivity index (χ1) is 13.6. The van der Waals surface area contributed by atoms with Gasteiger partial charge in [0.05, 0.1) is 17.1 Å². The average molecular weight is 417 g/mol. The van der Waals surface area contributed by atoms with Crippen LogP contribution in [0.4, 0.5) is 9.52 Å². The van der Waals surface area contributed by atoms with Crippen LogP contribution in [0.1, 0.15) is 20.2 Å². The zero-order valence-electron chi connectivity index (χ0n) is 14.7. The van der Waals surface area contributed by atoms with E-state index in [0.717, 1.165) is 10.6 Å². The molecule has 0 bridgehead atoms. The van der Waals surface area contributed by atoms with Crippen LogP contribution in [0.5, 0.6) is 5.75 Å². The maximum atomic E-state index is 13.6. The molecule has 0 radical (unpaired) electrons. The number of thiazole rings is 1. The standard InChI is InChI=1S/C19H16FN3O3S2/c20-12-4-1-2-5-14(12)26-11-17(24)23-8-7-13-16(10-23)28-19(21-13)22-18(25)15-6-3-9-27-15/h1-6,9H,7-8,10-11H2,(H,21,22,25). The minimum absolute atomic E-state index is 0.0601. The van der Waals surface area contributed by atoms with Gasteiger partial charge in [-0.15, -0.1) is 11.3 Å². The molecule has 0 saturated heterocycles. The van der Waals surface area contributed by atoms with E-state index in [0.29, 0.717) is 29.5 Å². The lowest BCUT2D eigenvalue weighted by Gasteiger charge is -2.26. The van der Waals surface area contributed by atoms with E-state index in [1.54, 1.807) is 23.1 Å². The molecule has 1 aliphatic rings. The number of ether oxygens (including phenoxy) is 1. The van der Waals surface area contributed by atoms with Gasteiger partial charge in [-0.1, -0.05) is 29.5 Å². The fraction of sp³-hybridized carbons (Fsp3) is 0.211. The number of aromatic nitrogens is 1. The van der Waals surface area contributed by atoms with E-state index in [-0.39, 0.29) is 24.2 Å². The number of halogens is 1. The molecular formula is C19H16FN3O3S2. The molecule has 3 aromatic rings. The van der Waals surface area contributed by atoms with Crippen molar-refractivity contribution in [3.63, 3.8) is 0 Å². The summed E-state index contributed by atoms with van der Waals surface area (Å²) in [6.45, 7) is 0.687. The number of hydrogen-bond acceptors (Lipinski definition) is 6. The second-order valence-corrected chi connectivity index (χ2v) is 8.14. The third kappa shape index (κ3) is 4.05. The van der Waals surface area contributed by atoms with Crippen molar-refractivity contribution >= 4 is 39.6 Å². The van der Waals surface area contributed by atoms with Gasteiger partial charge in [0.2, 0.25) is 0 Å². The predicted molar refractivity (Wildman–Crippen MR) is 105 cm³/mol. The lowest BCUT2D eigenvalue weighted by atomic mass is 10.2. The summed E-state index contributed by atoms with van der Waals surface area (Å²) >= 11 is 2.73. The fourth-order valence-electron chi connectivity index (χ4n) is 2.82. The van der Waals surface area contributed by atoms with Gasteiger partial charge in [-0.25, -0.2) is 9.37 Å². The van der Waals surface area contributed by atoms with Gasteiger partial charge in [-0.2, -0.15) is 0 Å². The zero-order chi connectivity index (χ0) is 19.5. The van der Waals surface area contributed by atoms with Crippen LogP contribution in [0.15, 0.2) is 41.8 Å². The molecule has 0 atom stereocenters. The van der Waals surface area contributed by atoms with Crippen LogP contribution < -0.4 is 10.1 Å². The molecule has 1 aromatic carbocycles. The van der Waals surface area contributed by atoms with Crippen molar-refractivity contribution in [3.05, 3.63) is 63.0 Å². The number of nitrogens with one attached hydrogen (secondary N) is 1. The Morgan fingerprint density at radius 1 is 1.25 bits per heavy atom. The topological polar surface area (TPSA) is 71.5 Å². The normalized spacial score (nSPS) is 13.1. The van der Waals surface area contributed by atoms with Gasteiger partial charge >= 0.3 is 0 Å². The van der Waals surface area contributed by atoms with Gasteiger partial charge in [-0.05, 0) is 23.6 Å². The zero-order valence-corrected chi connectivity index (χ0v) is 16.3. The highest BCUT2D eigenvalue weighted by atomic mass is 32.1. The quantitative estimate of drug-likeness (QED) is 0.689. The van der Waals surface area contributed by atoms with Crippen molar-refractivity contribution in [1.29, 1.82) is 0 Å². The maximum absolute atomic E-state index is 13.6. The lowest BCUT2D eigenvalue weighted by molar-refractivity contribution is -0.134. The molecule has 1 aliphatic heterocycles. The predicted octanol–water partition coefficient (Wildman–Crippen LogP) is 3.56. The van der Waals surface area contributed by atoms with Gasteiger partial charge in [-0.3, -0.25) is 14.9 Å². The fourth-order valence-corrected chi connectivity index (χ4v) is 4.46. The number of amides is 2. The molecule has 1 N–H and O–H groups in total. The van der Waals surface area contributed by atoms with Crippen molar-refractivity contribution in [1.82, 2.24) is 9.88 Å². The van der Waals surface area contributed by atoms with Gasteiger partial charge in [0.15, 0.2) is 23.3 Å². The number of carbonyl (C=O) groups is 2. The second-order valence-electron chi connectivity index (χ2n) is 6.10. The minimum Gasteiger partial charge on any atom is -0.481 e. The first-order valence-corrected chi connectivity index (χ1v) is 10.3. The second kappa shape index (κ2) is 8.07. The summed E-state index contributed by atoms with van der Waals surface area (Å²) in [5, 5.41) is 5.18. The van der Waals surface area contributed by atoms with E-state index in [4.69, 9.17) is 4.74 Å². The van der Waals surface area contributed by atoms with Crippen LogP contribution in [0.2, 0.25) is 0 Å². The van der Waals surface area contributed by atoms with Crippen molar-refractivity contribution in [2.24, 2.45) is 0 Å². The summed E-state index contributed by atoms with van der Waals surface area (Å²) in [6.07, 6.45) is 0.603. The third-order valence-electron chi connectivity index (χ3n) is 4.24. The van der Waals surface area contributed by atoms with Gasteiger partial charge in [0.25, 0.3) is 11.8 Å². The number of benzene rings is 1. The van der Waals surface area contributed by atoms with Gasteiger partial charge in [0.1, 0.15) is 0 Å². The lowest BCUT2D eigenvalue weighted by Crippen LogP contribution is -2.38. The van der Waals surface area contributed by atoms with Crippen molar-refractivity contribution in [2.75, 3.05) is 18.5 Å². The Morgan fingerprint density at radius 2 is 2.11 bits per heavy atom. The molecule has 9 heteroatoms. The Labute approximate surface area is 168 Å². The highest BCUT2D eigenvalue weighted by Gasteiger charge is 2.25. The van der Waals surface area contributed by atoms with Crippen molar-refractivity contribution in [2.45, 2.75) is 13.0 Å². The first-order valence-electron chi connectivity index (χ1n) is 8.58. The van der Waals surface area contributed by atoms with E-state index in [2.05, 4.69) is 10.3 Å². The summed E-state index contributed by atoms with van der Waals surface area (Å²) in [4.78, 5) is 32.3. The Kier molecular flexibility index (Phi) is 5.36. The summed E-state index contributed by atoms with van der Waals surface area (Å²) in [7, 11) is 0. The molecule has 2 aromatic heterocycles. The van der Waals surface area contributed by atoms with Crippen LogP contribution in [0, 0.1) is 5.82 Å². The molecule has 28 heavy (non-hydrogen) atoms. The summed E-state index contributed by atoms with van der Waals surface area (Å²) in [6, 6.07) is 9.57. The highest BCUT2D eigenvalue weighted by Crippen LogP contribution is 2.29. The Balaban J connectivity index is 1.36. The number of anilines is 1. The molecule has 4 rings (SSSR count). The number of thiophene rings is 1. The Hall–Kier alpha value is -2.78. The summed E-state index contributed by atoms with van der Waals surface area (Å²) in [5.74, 6) is -0.839. The summed E-state index contributed by atoms with van der Waals surface area (Å²) in [5.41, 5.74) is 0.894. The van der Waals surface area contributed by atoms with E-state index in [9.17, 15) is 14.0 Å². The van der Waals surface area contributed by atoms with Crippen LogP contribution in [-0.4, -0.2) is 34.8 Å². The largest absolute Gasteiger partial charge is 0.481 e. The molecule has 0 aliphatic carbocycles. The van der Waals surface area contributed by atoms with E-state index in [1.807, 2.05) is 11.4 Å². The van der Waals surface area contributed by atoms with Gasteiger partial charge in [0, 0.05) is 17.8 Å². The smallest absolute Gasteiger partial charge is 0.267 e. The van der Waals surface area contributed by atoms with Crippen LogP contribution in [0.3, 0.4) is 0 Å². The third-order valence-corrected chi connectivity index (χ3v) is 6.10. The maximum Gasteiger partial charge on any atom is 0.267 e. The number of rotatable bonds is 5. The molecule has 0 spiro atoms. The molecule has 0 saturated carbocycles. The molecule has 6 nitrogen and oxygen atoms in total. The molecule has 2 amide bonds. The van der Waals surface area contributed by atoms with Crippen LogP contribution in [0.25, 0.3) is 0 Å². The SMILES string of the molecule is O=C(Nc1nc2c(s1)CN(C(=O)COc1ccccc1F)CC2)c1cccs1. The highest BCUT2D eigenvalue weighted by molar-refractivity contribution is 7.16. The Morgan fingerprint density at radius 3 is 2.89 bits per heavy atom. The number of para-hydroxylation sites is 1.